The summed E-state index contributed by atoms with van der Waals surface area (Å²) < 4.78 is 15.3. The van der Waals surface area contributed by atoms with E-state index in [1.807, 2.05) is 0 Å². The monoisotopic (exact) mass is 560 g/mol. The van der Waals surface area contributed by atoms with Gasteiger partial charge in [0.2, 0.25) is 0 Å². The first-order valence-corrected chi connectivity index (χ1v) is 12.8. The van der Waals surface area contributed by atoms with Crippen LogP contribution in [0.5, 0.6) is 0 Å². The van der Waals surface area contributed by atoms with Gasteiger partial charge in [-0.05, 0) is 67.4 Å². The number of alkyl halides is 1. The van der Waals surface area contributed by atoms with Gasteiger partial charge in [0, 0.05) is 22.3 Å². The van der Waals surface area contributed by atoms with Crippen molar-refractivity contribution < 1.29 is 4.39 Å². The number of rotatable bonds is 7. The van der Waals surface area contributed by atoms with Gasteiger partial charge < -0.3 is 10.6 Å². The van der Waals surface area contributed by atoms with Gasteiger partial charge in [-0.1, -0.05) is 46.1 Å². The highest BCUT2D eigenvalue weighted by molar-refractivity contribution is 14.1. The van der Waals surface area contributed by atoms with E-state index < -0.39 is 0 Å². The molecule has 0 radical (unpaired) electrons. The number of aromatic nitrogens is 3. The molecule has 2 aromatic heterocycles. The normalized spacial score (nSPS) is 14.2. The molecule has 32 heavy (non-hydrogen) atoms. The van der Waals surface area contributed by atoms with Crippen LogP contribution in [0.3, 0.4) is 0 Å². The number of nitrogens with one attached hydrogen (secondary N) is 2. The highest BCUT2D eigenvalue weighted by atomic mass is 127. The van der Waals surface area contributed by atoms with Crippen LogP contribution < -0.4 is 10.6 Å². The number of anilines is 4. The second-order valence-electron chi connectivity index (χ2n) is 7.76. The van der Waals surface area contributed by atoms with Crippen LogP contribution in [-0.4, -0.2) is 32.9 Å². The van der Waals surface area contributed by atoms with Gasteiger partial charge in [-0.2, -0.15) is 4.98 Å². The Morgan fingerprint density at radius 1 is 1.00 bits per heavy atom. The quantitative estimate of drug-likeness (QED) is 0.206. The Morgan fingerprint density at radius 2 is 1.78 bits per heavy atom. The second-order valence-corrected chi connectivity index (χ2v) is 9.53. The summed E-state index contributed by atoms with van der Waals surface area (Å²) in [6.45, 7) is 3.40. The highest BCUT2D eigenvalue weighted by Crippen LogP contribution is 2.33. The fourth-order valence-electron chi connectivity index (χ4n) is 3.80. The smallest absolute Gasteiger partial charge is 0.189 e. The Morgan fingerprint density at radius 3 is 2.56 bits per heavy atom. The lowest BCUT2D eigenvalue weighted by molar-refractivity contribution is 0.331. The number of benzene rings is 2. The predicted octanol–water partition coefficient (Wildman–Crippen LogP) is 6.24. The van der Waals surface area contributed by atoms with E-state index in [2.05, 4.69) is 77.3 Å². The van der Waals surface area contributed by atoms with Crippen molar-refractivity contribution in [2.45, 2.75) is 23.8 Å². The maximum absolute atomic E-state index is 13.8. The van der Waals surface area contributed by atoms with E-state index in [-0.39, 0.29) is 5.82 Å². The maximum Gasteiger partial charge on any atom is 0.189 e. The van der Waals surface area contributed by atoms with Crippen LogP contribution >= 0.6 is 33.9 Å². The molecule has 0 aliphatic carbocycles. The van der Waals surface area contributed by atoms with Gasteiger partial charge >= 0.3 is 0 Å². The summed E-state index contributed by atoms with van der Waals surface area (Å²) >= 11 is 3.64. The van der Waals surface area contributed by atoms with E-state index in [0.717, 1.165) is 27.8 Å². The van der Waals surface area contributed by atoms with Crippen LogP contribution in [0.4, 0.5) is 26.7 Å². The third kappa shape index (κ3) is 4.84. The fourth-order valence-corrected chi connectivity index (χ4v) is 5.27. The molecule has 3 heterocycles. The van der Waals surface area contributed by atoms with Crippen molar-refractivity contribution in [2.75, 3.05) is 23.7 Å². The fraction of sp³-hybridized carbons (Fsp3) is 0.261. The van der Waals surface area contributed by atoms with E-state index in [1.165, 1.54) is 55.2 Å². The van der Waals surface area contributed by atoms with Crippen molar-refractivity contribution in [3.05, 3.63) is 65.7 Å². The maximum atomic E-state index is 13.8. The van der Waals surface area contributed by atoms with Crippen LogP contribution in [0.25, 0.3) is 10.3 Å². The Labute approximate surface area is 203 Å². The van der Waals surface area contributed by atoms with Gasteiger partial charge in [-0.25, -0.2) is 14.4 Å². The molecule has 6 nitrogen and oxygen atoms in total. The van der Waals surface area contributed by atoms with Gasteiger partial charge in [0.25, 0.3) is 0 Å². The number of nitrogens with zero attached hydrogens (tertiary/aromatic N) is 4. The van der Waals surface area contributed by atoms with E-state index in [1.54, 1.807) is 12.1 Å². The predicted molar refractivity (Wildman–Crippen MR) is 137 cm³/mol. The van der Waals surface area contributed by atoms with Crippen molar-refractivity contribution in [2.24, 2.45) is 0 Å². The molecular weight excluding hydrogens is 538 g/mol. The average molecular weight is 560 g/mol. The minimum absolute atomic E-state index is 0.200. The van der Waals surface area contributed by atoms with Crippen LogP contribution in [0.15, 0.2) is 48.8 Å². The molecule has 2 N–H and O–H groups in total. The molecule has 4 aromatic rings. The topological polar surface area (TPSA) is 66.0 Å². The molecule has 1 fully saturated rings. The number of hydrogen-bond acceptors (Lipinski definition) is 7. The number of likely N-dealkylation sites (tertiary alicyclic amines) is 1. The van der Waals surface area contributed by atoms with Crippen LogP contribution in [0, 0.1) is 5.82 Å². The van der Waals surface area contributed by atoms with Crippen LogP contribution in [0.1, 0.15) is 24.0 Å². The molecule has 1 aliphatic heterocycles. The van der Waals surface area contributed by atoms with Gasteiger partial charge in [-0.15, -0.1) is 0 Å². The highest BCUT2D eigenvalue weighted by Gasteiger charge is 2.13. The van der Waals surface area contributed by atoms with Crippen molar-refractivity contribution in [1.82, 2.24) is 19.9 Å². The van der Waals surface area contributed by atoms with Crippen molar-refractivity contribution in [3.63, 3.8) is 0 Å². The zero-order valence-corrected chi connectivity index (χ0v) is 20.3. The summed E-state index contributed by atoms with van der Waals surface area (Å²) in [5, 5.41) is 7.42. The average Bonchev–Trinajstić information content (AvgIpc) is 3.46. The standard InChI is InChI=1S/C23H22FIN6S/c24-19-8-7-18(11-16(19)12-25)28-21-20-22(27-14-26-21)30-23(32-20)29-17-5-3-15(4-6-17)13-31-9-1-2-10-31/h3-8,11,14H,1-2,9-10,12-13H2,(H2,26,27,28,29,30). The van der Waals surface area contributed by atoms with Gasteiger partial charge in [-0.3, -0.25) is 4.90 Å². The Balaban J connectivity index is 1.32. The molecule has 1 saturated heterocycles. The molecule has 1 aliphatic rings. The van der Waals surface area contributed by atoms with E-state index >= 15 is 0 Å². The minimum Gasteiger partial charge on any atom is -0.339 e. The Hall–Kier alpha value is -2.37. The first kappa shape index (κ1) is 21.5. The molecule has 0 spiro atoms. The zero-order valence-electron chi connectivity index (χ0n) is 17.3. The molecule has 5 rings (SSSR count). The molecule has 0 atom stereocenters. The number of halogens is 2. The first-order chi connectivity index (χ1) is 15.7. The lowest BCUT2D eigenvalue weighted by Crippen LogP contribution is -2.18. The SMILES string of the molecule is Fc1ccc(Nc2ncnc3nc(Nc4ccc(CN5CCCC5)cc4)sc23)cc1CI. The lowest BCUT2D eigenvalue weighted by atomic mass is 10.2. The number of thiazole rings is 1. The van der Waals surface area contributed by atoms with E-state index in [0.29, 0.717) is 21.5 Å². The summed E-state index contributed by atoms with van der Waals surface area (Å²) in [7, 11) is 0. The molecular formula is C23H22FIN6S. The lowest BCUT2D eigenvalue weighted by Gasteiger charge is -2.14. The number of fused-ring (bicyclic) bond motifs is 1. The zero-order chi connectivity index (χ0) is 21.9. The second kappa shape index (κ2) is 9.63. The Bertz CT molecular complexity index is 1220. The van der Waals surface area contributed by atoms with Crippen molar-refractivity contribution in [3.8, 4) is 0 Å². The summed E-state index contributed by atoms with van der Waals surface area (Å²) in [6, 6.07) is 13.5. The van der Waals surface area contributed by atoms with Crippen LogP contribution in [0.2, 0.25) is 0 Å². The van der Waals surface area contributed by atoms with Crippen molar-refractivity contribution >= 4 is 66.6 Å². The van der Waals surface area contributed by atoms with Gasteiger partial charge in [0.05, 0.1) is 0 Å². The summed E-state index contributed by atoms with van der Waals surface area (Å²) in [6.07, 6.45) is 4.10. The van der Waals surface area contributed by atoms with Gasteiger partial charge in [0.15, 0.2) is 16.6 Å². The molecule has 9 heteroatoms. The Kier molecular flexibility index (Phi) is 6.47. The number of hydrogen-bond donors (Lipinski definition) is 2. The third-order valence-corrected chi connectivity index (χ3v) is 7.24. The summed E-state index contributed by atoms with van der Waals surface area (Å²) in [5.74, 6) is 0.459. The van der Waals surface area contributed by atoms with E-state index in [9.17, 15) is 4.39 Å². The first-order valence-electron chi connectivity index (χ1n) is 10.5. The molecule has 0 saturated carbocycles. The van der Waals surface area contributed by atoms with Crippen LogP contribution in [-0.2, 0) is 11.0 Å². The largest absolute Gasteiger partial charge is 0.339 e. The molecule has 0 bridgehead atoms. The van der Waals surface area contributed by atoms with Gasteiger partial charge in [0.1, 0.15) is 16.8 Å². The third-order valence-electron chi connectivity index (χ3n) is 5.45. The molecule has 0 unspecified atom stereocenters. The summed E-state index contributed by atoms with van der Waals surface area (Å²) in [4.78, 5) is 15.8. The minimum atomic E-state index is -0.200. The molecule has 164 valence electrons. The molecule has 2 aromatic carbocycles. The van der Waals surface area contributed by atoms with Crippen molar-refractivity contribution in [1.29, 1.82) is 0 Å². The summed E-state index contributed by atoms with van der Waals surface area (Å²) in [5.41, 5.74) is 4.37. The van der Waals surface area contributed by atoms with E-state index in [4.69, 9.17) is 0 Å². The molecule has 0 amide bonds.